The van der Waals surface area contributed by atoms with Gasteiger partial charge >= 0.3 is 0 Å². The fraction of sp³-hybridized carbons (Fsp3) is 1.00. The third-order valence-corrected chi connectivity index (χ3v) is 3.75. The molecule has 0 spiro atoms. The van der Waals surface area contributed by atoms with E-state index in [9.17, 15) is 0 Å². The van der Waals surface area contributed by atoms with Crippen LogP contribution in [0.3, 0.4) is 0 Å². The van der Waals surface area contributed by atoms with Crippen LogP contribution < -0.4 is 0 Å². The second kappa shape index (κ2) is 7.30. The molecule has 2 saturated carbocycles. The Labute approximate surface area is 97.8 Å². The van der Waals surface area contributed by atoms with Crippen molar-refractivity contribution >= 4 is 0 Å². The van der Waals surface area contributed by atoms with Gasteiger partial charge in [-0.1, -0.05) is 54.4 Å². The SMILES string of the molecule is CC.CC.CC1CC2CCCC(C)(C1)C2. The number of hydrogen-bond acceptors (Lipinski definition) is 0. The fourth-order valence-electron chi connectivity index (χ4n) is 3.60. The van der Waals surface area contributed by atoms with E-state index < -0.39 is 0 Å². The number of rotatable bonds is 0. The molecule has 0 amide bonds. The highest BCUT2D eigenvalue weighted by atomic mass is 14.4. The molecule has 3 atom stereocenters. The van der Waals surface area contributed by atoms with Gasteiger partial charge in [-0.05, 0) is 42.9 Å². The Hall–Kier alpha value is 0. The molecule has 2 rings (SSSR count). The van der Waals surface area contributed by atoms with Crippen LogP contribution in [0.15, 0.2) is 0 Å². The summed E-state index contributed by atoms with van der Waals surface area (Å²) in [5.41, 5.74) is 0.751. The van der Waals surface area contributed by atoms with E-state index in [-0.39, 0.29) is 0 Å². The van der Waals surface area contributed by atoms with Crippen LogP contribution in [0.5, 0.6) is 0 Å². The Bertz CT molecular complexity index is 146. The third kappa shape index (κ3) is 4.57. The molecule has 2 bridgehead atoms. The maximum atomic E-state index is 2.51. The topological polar surface area (TPSA) is 0 Å². The molecular weight excluding hydrogens is 180 g/mol. The van der Waals surface area contributed by atoms with Gasteiger partial charge in [-0.15, -0.1) is 0 Å². The van der Waals surface area contributed by atoms with Crippen LogP contribution in [0.2, 0.25) is 0 Å². The van der Waals surface area contributed by atoms with E-state index in [0.29, 0.717) is 0 Å². The highest BCUT2D eigenvalue weighted by Gasteiger charge is 2.37. The Morgan fingerprint density at radius 1 is 1.00 bits per heavy atom. The van der Waals surface area contributed by atoms with E-state index in [1.807, 2.05) is 27.7 Å². The Kier molecular flexibility index (Phi) is 7.30. The maximum absolute atomic E-state index is 2.51. The van der Waals surface area contributed by atoms with Crippen molar-refractivity contribution in [2.24, 2.45) is 17.3 Å². The first-order valence-corrected chi connectivity index (χ1v) is 7.18. The summed E-state index contributed by atoms with van der Waals surface area (Å²) in [5, 5.41) is 0. The summed E-state index contributed by atoms with van der Waals surface area (Å²) in [4.78, 5) is 0. The molecule has 92 valence electrons. The zero-order valence-electron chi connectivity index (χ0n) is 11.9. The van der Waals surface area contributed by atoms with Crippen molar-refractivity contribution in [3.8, 4) is 0 Å². The van der Waals surface area contributed by atoms with Gasteiger partial charge in [-0.2, -0.15) is 0 Å². The average molecular weight is 212 g/mol. The average Bonchev–Trinajstić information content (AvgIpc) is 2.21. The standard InChI is InChI=1S/C11H20.2C2H6/c1-9-6-10-4-3-5-11(2,7-9)8-10;2*1-2/h9-10H,3-8H2,1-2H3;2*1-2H3. The van der Waals surface area contributed by atoms with Crippen molar-refractivity contribution in [2.75, 3.05) is 0 Å². The van der Waals surface area contributed by atoms with E-state index in [4.69, 9.17) is 0 Å². The van der Waals surface area contributed by atoms with Crippen molar-refractivity contribution < 1.29 is 0 Å². The van der Waals surface area contributed by atoms with E-state index >= 15 is 0 Å². The predicted octanol–water partition coefficient (Wildman–Crippen LogP) is 5.67. The highest BCUT2D eigenvalue weighted by Crippen LogP contribution is 2.50. The van der Waals surface area contributed by atoms with Gasteiger partial charge in [0.2, 0.25) is 0 Å². The van der Waals surface area contributed by atoms with E-state index in [0.717, 1.165) is 17.3 Å². The van der Waals surface area contributed by atoms with Gasteiger partial charge in [0, 0.05) is 0 Å². The minimum absolute atomic E-state index is 0.751. The molecule has 15 heavy (non-hydrogen) atoms. The minimum atomic E-state index is 0.751. The second-order valence-corrected chi connectivity index (χ2v) is 5.32. The summed E-state index contributed by atoms with van der Waals surface area (Å²) in [7, 11) is 0. The Morgan fingerprint density at radius 3 is 2.13 bits per heavy atom. The fourth-order valence-corrected chi connectivity index (χ4v) is 3.60. The highest BCUT2D eigenvalue weighted by molar-refractivity contribution is 4.89. The molecule has 0 N–H and O–H groups in total. The van der Waals surface area contributed by atoms with Gasteiger partial charge in [-0.3, -0.25) is 0 Å². The minimum Gasteiger partial charge on any atom is -0.0683 e. The van der Waals surface area contributed by atoms with E-state index in [1.54, 1.807) is 0 Å². The second-order valence-electron chi connectivity index (χ2n) is 5.32. The molecule has 2 aliphatic carbocycles. The lowest BCUT2D eigenvalue weighted by Gasteiger charge is -2.45. The van der Waals surface area contributed by atoms with Crippen molar-refractivity contribution in [3.63, 3.8) is 0 Å². The van der Waals surface area contributed by atoms with E-state index in [2.05, 4.69) is 13.8 Å². The van der Waals surface area contributed by atoms with Gasteiger partial charge in [0.05, 0.1) is 0 Å². The molecule has 0 heteroatoms. The van der Waals surface area contributed by atoms with Crippen LogP contribution in [0.1, 0.15) is 80.1 Å². The smallest absolute Gasteiger partial charge is 0.0321 e. The molecule has 3 unspecified atom stereocenters. The summed E-state index contributed by atoms with van der Waals surface area (Å²) in [5.74, 6) is 2.11. The van der Waals surface area contributed by atoms with Gasteiger partial charge in [-0.25, -0.2) is 0 Å². The third-order valence-electron chi connectivity index (χ3n) is 3.75. The maximum Gasteiger partial charge on any atom is -0.0321 e. The van der Waals surface area contributed by atoms with Crippen molar-refractivity contribution in [3.05, 3.63) is 0 Å². The molecular formula is C15H32. The van der Waals surface area contributed by atoms with Crippen LogP contribution in [-0.4, -0.2) is 0 Å². The molecule has 0 radical (unpaired) electrons. The van der Waals surface area contributed by atoms with Crippen molar-refractivity contribution in [1.29, 1.82) is 0 Å². The van der Waals surface area contributed by atoms with Crippen molar-refractivity contribution in [1.82, 2.24) is 0 Å². The largest absolute Gasteiger partial charge is 0.0683 e. The van der Waals surface area contributed by atoms with Gasteiger partial charge in [0.15, 0.2) is 0 Å². The monoisotopic (exact) mass is 212 g/mol. The zero-order valence-corrected chi connectivity index (χ0v) is 11.9. The van der Waals surface area contributed by atoms with Gasteiger partial charge in [0.1, 0.15) is 0 Å². The van der Waals surface area contributed by atoms with Crippen LogP contribution in [0, 0.1) is 17.3 Å². The summed E-state index contributed by atoms with van der Waals surface area (Å²) < 4.78 is 0. The molecule has 0 saturated heterocycles. The first kappa shape index (κ1) is 15.0. The summed E-state index contributed by atoms with van der Waals surface area (Å²) in [6.45, 7) is 12.9. The number of fused-ring (bicyclic) bond motifs is 2. The molecule has 0 aliphatic heterocycles. The van der Waals surface area contributed by atoms with Crippen LogP contribution in [0.4, 0.5) is 0 Å². The molecule has 0 aromatic heterocycles. The van der Waals surface area contributed by atoms with Crippen molar-refractivity contribution in [2.45, 2.75) is 80.1 Å². The molecule has 0 heterocycles. The Morgan fingerprint density at radius 2 is 1.60 bits per heavy atom. The van der Waals surface area contributed by atoms with Crippen LogP contribution >= 0.6 is 0 Å². The normalized spacial score (nSPS) is 38.0. The summed E-state index contributed by atoms with van der Waals surface area (Å²) >= 11 is 0. The zero-order chi connectivity index (χ0) is 11.9. The first-order valence-electron chi connectivity index (χ1n) is 7.18. The molecule has 2 aliphatic rings. The Balaban J connectivity index is 0.000000442. The molecule has 2 fully saturated rings. The lowest BCUT2D eigenvalue weighted by atomic mass is 9.60. The first-order chi connectivity index (χ1) is 7.18. The summed E-state index contributed by atoms with van der Waals surface area (Å²) in [6, 6.07) is 0. The lowest BCUT2D eigenvalue weighted by molar-refractivity contribution is 0.0619. The lowest BCUT2D eigenvalue weighted by Crippen LogP contribution is -2.33. The quantitative estimate of drug-likeness (QED) is 0.485. The molecule has 0 aromatic rings. The van der Waals surface area contributed by atoms with Gasteiger partial charge < -0.3 is 0 Å². The van der Waals surface area contributed by atoms with Gasteiger partial charge in [0.25, 0.3) is 0 Å². The van der Waals surface area contributed by atoms with Crippen LogP contribution in [0.25, 0.3) is 0 Å². The van der Waals surface area contributed by atoms with Crippen LogP contribution in [-0.2, 0) is 0 Å². The molecule has 0 aromatic carbocycles. The summed E-state index contributed by atoms with van der Waals surface area (Å²) in [6.07, 6.45) is 9.11. The number of hydrogen-bond donors (Lipinski definition) is 0. The van der Waals surface area contributed by atoms with E-state index in [1.165, 1.54) is 38.5 Å². The molecule has 0 nitrogen and oxygen atoms in total. The predicted molar refractivity (Wildman–Crippen MR) is 71.2 cm³/mol.